The smallest absolute Gasteiger partial charge is 0.266 e. The van der Waals surface area contributed by atoms with Crippen molar-refractivity contribution >= 4 is 46.3 Å². The lowest BCUT2D eigenvalue weighted by Crippen LogP contribution is -2.40. The second kappa shape index (κ2) is 7.54. The molecule has 0 unspecified atom stereocenters. The SMILES string of the molecule is COc1ccc(/C=C2\SC(=S)N(CC(=O)[O-])C2=O)c(OC)c1OC. The second-order valence-electron chi connectivity index (χ2n) is 4.56. The van der Waals surface area contributed by atoms with Gasteiger partial charge >= 0.3 is 0 Å². The molecule has 1 aromatic rings. The van der Waals surface area contributed by atoms with Crippen molar-refractivity contribution in [2.45, 2.75) is 0 Å². The molecule has 0 spiro atoms. The normalized spacial score (nSPS) is 15.8. The van der Waals surface area contributed by atoms with Gasteiger partial charge in [0.2, 0.25) is 5.75 Å². The molecule has 1 aliphatic rings. The average molecular weight is 368 g/mol. The average Bonchev–Trinajstić information content (AvgIpc) is 2.81. The van der Waals surface area contributed by atoms with Crippen molar-refractivity contribution in [3.8, 4) is 17.2 Å². The molecule has 1 heterocycles. The molecule has 1 amide bonds. The van der Waals surface area contributed by atoms with Crippen LogP contribution in [-0.4, -0.2) is 49.0 Å². The largest absolute Gasteiger partial charge is 0.548 e. The molecule has 24 heavy (non-hydrogen) atoms. The number of carbonyl (C=O) groups is 2. The van der Waals surface area contributed by atoms with E-state index in [1.165, 1.54) is 21.3 Å². The Labute approximate surface area is 148 Å². The Bertz CT molecular complexity index is 731. The molecule has 0 aliphatic carbocycles. The zero-order chi connectivity index (χ0) is 17.9. The maximum absolute atomic E-state index is 12.3. The summed E-state index contributed by atoms with van der Waals surface area (Å²) in [6, 6.07) is 3.38. The highest BCUT2D eigenvalue weighted by atomic mass is 32.2. The van der Waals surface area contributed by atoms with Gasteiger partial charge in [-0.15, -0.1) is 0 Å². The number of amides is 1. The van der Waals surface area contributed by atoms with Crippen molar-refractivity contribution in [1.29, 1.82) is 0 Å². The third-order valence-corrected chi connectivity index (χ3v) is 4.56. The Balaban J connectivity index is 2.43. The minimum absolute atomic E-state index is 0.162. The lowest BCUT2D eigenvalue weighted by molar-refractivity contribution is -0.305. The number of ether oxygens (including phenoxy) is 3. The summed E-state index contributed by atoms with van der Waals surface area (Å²) in [5.74, 6) is -0.612. The first-order valence-corrected chi connectivity index (χ1v) is 7.89. The Kier molecular flexibility index (Phi) is 5.68. The Morgan fingerprint density at radius 2 is 1.92 bits per heavy atom. The number of nitrogens with zero attached hydrogens (tertiary/aromatic N) is 1. The summed E-state index contributed by atoms with van der Waals surface area (Å²) in [5.41, 5.74) is 0.573. The van der Waals surface area contributed by atoms with Crippen LogP contribution in [0.3, 0.4) is 0 Å². The van der Waals surface area contributed by atoms with Crippen LogP contribution in [0.5, 0.6) is 17.2 Å². The number of thiocarbonyl (C=S) groups is 1. The second-order valence-corrected chi connectivity index (χ2v) is 6.24. The number of carboxylic acid groups (broad SMARTS) is 1. The van der Waals surface area contributed by atoms with Gasteiger partial charge in [0.05, 0.1) is 38.7 Å². The lowest BCUT2D eigenvalue weighted by atomic mass is 10.1. The molecule has 1 aromatic carbocycles. The minimum Gasteiger partial charge on any atom is -0.548 e. The van der Waals surface area contributed by atoms with Crippen molar-refractivity contribution < 1.29 is 28.9 Å². The number of carbonyl (C=O) groups excluding carboxylic acids is 2. The molecule has 0 saturated carbocycles. The van der Waals surface area contributed by atoms with E-state index >= 15 is 0 Å². The van der Waals surface area contributed by atoms with E-state index in [0.717, 1.165) is 16.7 Å². The number of aliphatic carboxylic acids is 1. The number of carboxylic acids is 1. The van der Waals surface area contributed by atoms with Crippen LogP contribution in [0.4, 0.5) is 0 Å². The van der Waals surface area contributed by atoms with E-state index in [2.05, 4.69) is 0 Å². The van der Waals surface area contributed by atoms with Gasteiger partial charge in [-0.05, 0) is 18.2 Å². The summed E-state index contributed by atoms with van der Waals surface area (Å²) in [7, 11) is 4.45. The first-order valence-electron chi connectivity index (χ1n) is 6.67. The molecule has 0 radical (unpaired) electrons. The predicted octanol–water partition coefficient (Wildman–Crippen LogP) is 0.663. The van der Waals surface area contributed by atoms with Crippen LogP contribution in [0.15, 0.2) is 17.0 Å². The van der Waals surface area contributed by atoms with E-state index in [0.29, 0.717) is 22.8 Å². The summed E-state index contributed by atoms with van der Waals surface area (Å²) in [4.78, 5) is 24.3. The summed E-state index contributed by atoms with van der Waals surface area (Å²) >= 11 is 6.05. The van der Waals surface area contributed by atoms with Crippen LogP contribution in [0.25, 0.3) is 6.08 Å². The first kappa shape index (κ1) is 18.1. The zero-order valence-electron chi connectivity index (χ0n) is 13.2. The molecule has 1 aliphatic heterocycles. The number of methoxy groups -OCH3 is 3. The zero-order valence-corrected chi connectivity index (χ0v) is 14.8. The van der Waals surface area contributed by atoms with Gasteiger partial charge in [0.25, 0.3) is 5.91 Å². The van der Waals surface area contributed by atoms with Gasteiger partial charge < -0.3 is 24.1 Å². The maximum Gasteiger partial charge on any atom is 0.266 e. The highest BCUT2D eigenvalue weighted by Crippen LogP contribution is 2.42. The molecule has 0 atom stereocenters. The molecule has 0 aromatic heterocycles. The van der Waals surface area contributed by atoms with Crippen molar-refractivity contribution in [2.24, 2.45) is 0 Å². The van der Waals surface area contributed by atoms with Crippen LogP contribution < -0.4 is 19.3 Å². The van der Waals surface area contributed by atoms with E-state index in [1.54, 1.807) is 18.2 Å². The van der Waals surface area contributed by atoms with E-state index in [-0.39, 0.29) is 9.23 Å². The third-order valence-electron chi connectivity index (χ3n) is 3.18. The van der Waals surface area contributed by atoms with Gasteiger partial charge in [-0.1, -0.05) is 24.0 Å². The summed E-state index contributed by atoms with van der Waals surface area (Å²) in [5, 5.41) is 10.7. The predicted molar refractivity (Wildman–Crippen MR) is 91.0 cm³/mol. The molecule has 0 N–H and O–H groups in total. The van der Waals surface area contributed by atoms with Crippen LogP contribution in [-0.2, 0) is 9.59 Å². The molecule has 1 fully saturated rings. The van der Waals surface area contributed by atoms with Gasteiger partial charge in [-0.25, -0.2) is 0 Å². The highest BCUT2D eigenvalue weighted by molar-refractivity contribution is 8.26. The Morgan fingerprint density at radius 1 is 1.25 bits per heavy atom. The molecule has 9 heteroatoms. The van der Waals surface area contributed by atoms with Crippen LogP contribution in [0.1, 0.15) is 5.56 Å². The fourth-order valence-corrected chi connectivity index (χ4v) is 3.39. The number of thioether (sulfide) groups is 1. The highest BCUT2D eigenvalue weighted by Gasteiger charge is 2.32. The summed E-state index contributed by atoms with van der Waals surface area (Å²) in [6.07, 6.45) is 1.56. The van der Waals surface area contributed by atoms with Crippen molar-refractivity contribution in [1.82, 2.24) is 4.90 Å². The number of benzene rings is 1. The molecule has 128 valence electrons. The van der Waals surface area contributed by atoms with Crippen molar-refractivity contribution in [3.63, 3.8) is 0 Å². The number of hydrogen-bond donors (Lipinski definition) is 0. The first-order chi connectivity index (χ1) is 11.4. The quantitative estimate of drug-likeness (QED) is 0.535. The van der Waals surface area contributed by atoms with Gasteiger partial charge in [0.1, 0.15) is 4.32 Å². The molecule has 0 bridgehead atoms. The van der Waals surface area contributed by atoms with Crippen LogP contribution >= 0.6 is 24.0 Å². The van der Waals surface area contributed by atoms with Gasteiger partial charge in [-0.2, -0.15) is 0 Å². The van der Waals surface area contributed by atoms with E-state index < -0.39 is 18.4 Å². The van der Waals surface area contributed by atoms with E-state index in [9.17, 15) is 14.7 Å². The van der Waals surface area contributed by atoms with Crippen LogP contribution in [0, 0.1) is 0 Å². The van der Waals surface area contributed by atoms with Gasteiger partial charge in [0, 0.05) is 5.56 Å². The molecular formula is C15H14NO6S2-. The number of hydrogen-bond acceptors (Lipinski definition) is 8. The topological polar surface area (TPSA) is 88.1 Å². The van der Waals surface area contributed by atoms with Crippen molar-refractivity contribution in [2.75, 3.05) is 27.9 Å². The van der Waals surface area contributed by atoms with Crippen LogP contribution in [0.2, 0.25) is 0 Å². The lowest BCUT2D eigenvalue weighted by Gasteiger charge is -2.15. The maximum atomic E-state index is 12.3. The summed E-state index contributed by atoms with van der Waals surface area (Å²) < 4.78 is 16.0. The third kappa shape index (κ3) is 3.46. The van der Waals surface area contributed by atoms with E-state index in [1.807, 2.05) is 0 Å². The van der Waals surface area contributed by atoms with Gasteiger partial charge in [-0.3, -0.25) is 9.69 Å². The molecular weight excluding hydrogens is 354 g/mol. The summed E-state index contributed by atoms with van der Waals surface area (Å²) in [6.45, 7) is -0.578. The van der Waals surface area contributed by atoms with E-state index in [4.69, 9.17) is 26.4 Å². The molecule has 2 rings (SSSR count). The van der Waals surface area contributed by atoms with Gasteiger partial charge in [0.15, 0.2) is 11.5 Å². The minimum atomic E-state index is -1.38. The Morgan fingerprint density at radius 3 is 2.46 bits per heavy atom. The molecule has 7 nitrogen and oxygen atoms in total. The number of rotatable bonds is 6. The standard InChI is InChI=1S/C15H15NO6S2/c1-20-9-5-4-8(12(21-2)13(9)22-3)6-10-14(19)16(7-11(17)18)15(23)24-10/h4-6H,7H2,1-3H3,(H,17,18)/p-1/b10-6-. The van der Waals surface area contributed by atoms with Crippen molar-refractivity contribution in [3.05, 3.63) is 22.6 Å². The fraction of sp³-hybridized carbons (Fsp3) is 0.267. The monoisotopic (exact) mass is 368 g/mol. The molecule has 1 saturated heterocycles. The Hall–Kier alpha value is -2.26. The fourth-order valence-electron chi connectivity index (χ4n) is 2.14.